The molecule has 31 nitrogen and oxygen atoms in total. The normalized spacial score (nSPS) is 18.8. The Morgan fingerprint density at radius 2 is 0.703 bits per heavy atom. The molecule has 0 saturated carbocycles. The van der Waals surface area contributed by atoms with Crippen LogP contribution in [0.1, 0.15) is 324 Å². The first kappa shape index (κ1) is 140. The lowest BCUT2D eigenvalue weighted by molar-refractivity contribution is -0.149. The fourth-order valence-electron chi connectivity index (χ4n) is 16.2. The minimum atomic E-state index is -0.498. The number of carbonyl (C=O) groups excluding carboxylic acids is 9. The number of furan rings is 1. The molecule has 148 heavy (non-hydrogen) atoms. The largest absolute Gasteiger partial charge is 0.466 e. The van der Waals surface area contributed by atoms with Gasteiger partial charge in [0.2, 0.25) is 11.8 Å². The van der Waals surface area contributed by atoms with Gasteiger partial charge in [0, 0.05) is 232 Å². The van der Waals surface area contributed by atoms with Crippen LogP contribution in [0.3, 0.4) is 0 Å². The lowest BCUT2D eigenvalue weighted by Crippen LogP contribution is -2.52. The van der Waals surface area contributed by atoms with Crippen molar-refractivity contribution < 1.29 is 75.6 Å². The quantitative estimate of drug-likeness (QED) is 0.0516. The average molecular weight is 2100 g/mol. The maximum atomic E-state index is 12.2. The standard InChI is InChI=1S/C15H28N2O2.C15H24N2O2.2C15H30N2O2.C14H28N2O2.C14H28N2O.C12H24N2O2.C9H19NO.C7H14FNO/c2*1-15(2,3)6-7-16-8-10-17(11-9-16)14(18)13-5-4-12-19-13;1-6-19-14(18)13(2)17-11-9-16(10-12-17)8-7-15(3,4)5;1-5-19-14(18)6-8-16-10-12-17(13-11-16)9-7-15(2,3)4;1-5-18-13(17)12-16-10-8-15(9-11-16)7-6-14(2,3)4;1-13(17)5-7-15-9-11-16(12-10-15)8-6-14(2,3)4;1-12(2,3)5-6-13-7-9-14(10-8-13)11(15)16-4;1-8(2,3)7(11)10-9(4,5)6;1-7(2,3)6(10)9-5-4-8/h13H,4-12H2,1-3H3;4-5,12H,6-11H2,1-3H3;13H,6-12H2,1-5H3;5-13H2,1-4H3;5-12H2,1-4H3;5-12H2,1-4H3;5-10H2,1-4H3;1-6H3,(H,10,11);4-5H2,1-3H3,(H,9,10). The van der Waals surface area contributed by atoms with E-state index in [2.05, 4.69) is 210 Å². The lowest BCUT2D eigenvalue weighted by atomic mass is 9.92. The number of carbonyl (C=O) groups is 9. The predicted octanol–water partition coefficient (Wildman–Crippen LogP) is 16.7. The zero-order chi connectivity index (χ0) is 113. The number of hydrogen-bond acceptors (Lipinski definition) is 26. The van der Waals surface area contributed by atoms with Crippen molar-refractivity contribution in [3.8, 4) is 0 Å². The zero-order valence-electron chi connectivity index (χ0n) is 102. The Bertz CT molecular complexity index is 3730. The van der Waals surface area contributed by atoms with Gasteiger partial charge in [0.05, 0.1) is 46.2 Å². The summed E-state index contributed by atoms with van der Waals surface area (Å²) in [6.45, 7) is 114. The van der Waals surface area contributed by atoms with Crippen LogP contribution < -0.4 is 10.6 Å². The molecule has 9 heterocycles. The molecule has 8 saturated heterocycles. The molecule has 0 aromatic carbocycles. The van der Waals surface area contributed by atoms with Crippen molar-refractivity contribution in [2.24, 2.45) is 48.7 Å². The maximum absolute atomic E-state index is 12.2. The van der Waals surface area contributed by atoms with Crippen LogP contribution in [0.4, 0.5) is 9.18 Å². The van der Waals surface area contributed by atoms with Crippen LogP contribution in [0.5, 0.6) is 0 Å². The third-order valence-corrected chi connectivity index (χ3v) is 26.9. The monoisotopic (exact) mass is 2100 g/mol. The van der Waals surface area contributed by atoms with Crippen molar-refractivity contribution in [1.29, 1.82) is 0 Å². The van der Waals surface area contributed by atoms with Crippen molar-refractivity contribution in [2.45, 2.75) is 331 Å². The Morgan fingerprint density at radius 1 is 0.392 bits per heavy atom. The van der Waals surface area contributed by atoms with Crippen molar-refractivity contribution in [2.75, 3.05) is 295 Å². The van der Waals surface area contributed by atoms with E-state index in [9.17, 15) is 47.5 Å². The number of ketones is 1. The summed E-state index contributed by atoms with van der Waals surface area (Å²) in [5, 5.41) is 5.38. The molecular formula is C116H225FN16O15. The Hall–Kier alpha value is -6.04. The molecule has 0 bridgehead atoms. The molecule has 0 radical (unpaired) electrons. The van der Waals surface area contributed by atoms with Gasteiger partial charge in [-0.05, 0) is 209 Å². The number of methoxy groups -OCH3 is 1. The van der Waals surface area contributed by atoms with Crippen molar-refractivity contribution in [3.63, 3.8) is 0 Å². The molecule has 8 aliphatic rings. The molecule has 32 heteroatoms. The minimum Gasteiger partial charge on any atom is -0.466 e. The van der Waals surface area contributed by atoms with E-state index in [1.807, 2.05) is 79.0 Å². The lowest BCUT2D eigenvalue weighted by Gasteiger charge is -2.37. The van der Waals surface area contributed by atoms with E-state index >= 15 is 0 Å². The van der Waals surface area contributed by atoms with Gasteiger partial charge in [0.1, 0.15) is 24.6 Å². The number of nitrogens with one attached hydrogen (secondary N) is 2. The molecule has 0 spiro atoms. The highest BCUT2D eigenvalue weighted by atomic mass is 19.1. The first-order chi connectivity index (χ1) is 68.4. The third kappa shape index (κ3) is 71.8. The van der Waals surface area contributed by atoms with Crippen molar-refractivity contribution >= 4 is 53.4 Å². The molecular weight excluding hydrogens is 1880 g/mol. The molecule has 0 aliphatic carbocycles. The first-order valence-corrected chi connectivity index (χ1v) is 56.6. The fraction of sp³-hybridized carbons (Fsp3) is 0.888. The number of esters is 3. The van der Waals surface area contributed by atoms with E-state index in [4.69, 9.17) is 28.1 Å². The Morgan fingerprint density at radius 3 is 0.986 bits per heavy atom. The number of hydrogen-bond donors (Lipinski definition) is 2. The molecule has 5 amide bonds. The van der Waals surface area contributed by atoms with Crippen molar-refractivity contribution in [1.82, 2.24) is 79.2 Å². The van der Waals surface area contributed by atoms with Gasteiger partial charge in [0.25, 0.3) is 11.8 Å². The summed E-state index contributed by atoms with van der Waals surface area (Å²) in [7, 11) is 1.44. The second-order valence-electron chi connectivity index (χ2n) is 53.0. The highest BCUT2D eigenvalue weighted by Gasteiger charge is 2.35. The first-order valence-electron chi connectivity index (χ1n) is 56.6. The van der Waals surface area contributed by atoms with E-state index in [-0.39, 0.29) is 77.3 Å². The molecule has 1 aromatic rings. The second-order valence-corrected chi connectivity index (χ2v) is 53.0. The summed E-state index contributed by atoms with van der Waals surface area (Å²) in [5.41, 5.74) is 2.00. The molecule has 866 valence electrons. The summed E-state index contributed by atoms with van der Waals surface area (Å²) < 4.78 is 41.9. The van der Waals surface area contributed by atoms with Crippen molar-refractivity contribution in [3.05, 3.63) is 24.2 Å². The number of nitrogens with zero attached hydrogens (tertiary/aromatic N) is 14. The van der Waals surface area contributed by atoms with Gasteiger partial charge in [-0.25, -0.2) is 9.18 Å². The van der Waals surface area contributed by atoms with Gasteiger partial charge in [-0.3, -0.25) is 62.9 Å². The summed E-state index contributed by atoms with van der Waals surface area (Å²) >= 11 is 0. The summed E-state index contributed by atoms with van der Waals surface area (Å²) in [6, 6.07) is 3.38. The molecule has 8 fully saturated rings. The van der Waals surface area contributed by atoms with Crippen LogP contribution in [0.15, 0.2) is 22.8 Å². The molecule has 9 rings (SSSR count). The van der Waals surface area contributed by atoms with E-state index in [1.54, 1.807) is 51.0 Å². The molecule has 2 unspecified atom stereocenters. The average Bonchev–Trinajstić information content (AvgIpc) is 1.58. The summed E-state index contributed by atoms with van der Waals surface area (Å²) in [4.78, 5) is 135. The van der Waals surface area contributed by atoms with Gasteiger partial charge < -0.3 is 82.8 Å². The maximum Gasteiger partial charge on any atom is 0.409 e. The topological polar surface area (TPSA) is 282 Å². The number of ether oxygens (including phenoxy) is 5. The fourth-order valence-corrected chi connectivity index (χ4v) is 16.2. The number of alkyl halides is 1. The van der Waals surface area contributed by atoms with Gasteiger partial charge in [0.15, 0.2) is 5.76 Å². The number of Topliss-reactive ketones (excluding diaryl/α,β-unsaturated/α-hetero) is 1. The van der Waals surface area contributed by atoms with Gasteiger partial charge in [-0.1, -0.05) is 187 Å². The minimum absolute atomic E-state index is 0.0143. The summed E-state index contributed by atoms with van der Waals surface area (Å²) in [6.07, 6.45) is 12.9. The molecule has 1 aromatic heterocycles. The second kappa shape index (κ2) is 70.5. The SMILES string of the molecule is CC(=O)CCN1CCN(CCC(C)(C)C)CC1.CC(C)(C)C(=O)NCCF.CC(C)(C)CCN1CCN(C(=O)C2CCCO2)CC1.CC(C)(C)CCN1CCN(C(=O)c2ccco2)CC1.CC(C)(C)NC(=O)C(C)(C)C.CCOC(=O)C(C)N1CCN(CCC(C)(C)C)CC1.CCOC(=O)CCN1CCN(CCC(C)(C)C)CC1.CCOC(=O)CN1CCN(CCC(C)(C)C)CC1.COC(=O)N1CCN(CCC(C)(C)C)CC1. The van der Waals surface area contributed by atoms with E-state index in [1.165, 1.54) is 65.1 Å². The molecule has 2 N–H and O–H groups in total. The molecule has 8 aliphatic heterocycles. The van der Waals surface area contributed by atoms with Crippen LogP contribution in [-0.2, 0) is 57.2 Å². The van der Waals surface area contributed by atoms with Crippen LogP contribution >= 0.6 is 0 Å². The smallest absolute Gasteiger partial charge is 0.409 e. The van der Waals surface area contributed by atoms with Gasteiger partial charge in [-0.15, -0.1) is 0 Å². The van der Waals surface area contributed by atoms with E-state index < -0.39 is 12.1 Å². The van der Waals surface area contributed by atoms with Gasteiger partial charge in [-0.2, -0.15) is 0 Å². The van der Waals surface area contributed by atoms with Crippen LogP contribution in [0.25, 0.3) is 0 Å². The van der Waals surface area contributed by atoms with E-state index in [0.717, 1.165) is 249 Å². The Kier molecular flexibility index (Phi) is 66.6. The van der Waals surface area contributed by atoms with Gasteiger partial charge >= 0.3 is 24.0 Å². The third-order valence-electron chi connectivity index (χ3n) is 26.9. The predicted molar refractivity (Wildman–Crippen MR) is 604 cm³/mol. The summed E-state index contributed by atoms with van der Waals surface area (Å²) in [5.74, 6) is 0.718. The highest BCUT2D eigenvalue weighted by molar-refractivity contribution is 5.91. The Balaban J connectivity index is 0.000000838. The number of halogens is 1. The highest BCUT2D eigenvalue weighted by Crippen LogP contribution is 2.28. The van der Waals surface area contributed by atoms with E-state index in [0.29, 0.717) is 88.7 Å². The Labute approximate surface area is 902 Å². The number of rotatable bonds is 31. The number of piperazine rings is 7. The molecule has 2 atom stereocenters. The van der Waals surface area contributed by atoms with Crippen LogP contribution in [-0.4, -0.2) is 435 Å². The zero-order valence-corrected chi connectivity index (χ0v) is 102. The van der Waals surface area contributed by atoms with Crippen LogP contribution in [0, 0.1) is 48.7 Å². The van der Waals surface area contributed by atoms with Crippen LogP contribution in [0.2, 0.25) is 0 Å². The number of amides is 5.